The Labute approximate surface area is 235 Å². The lowest BCUT2D eigenvalue weighted by atomic mass is 10.0. The lowest BCUT2D eigenvalue weighted by Gasteiger charge is -2.37. The van der Waals surface area contributed by atoms with E-state index in [0.29, 0.717) is 0 Å². The first kappa shape index (κ1) is 29.9. The van der Waals surface area contributed by atoms with Gasteiger partial charge in [-0.25, -0.2) is 14.8 Å². The van der Waals surface area contributed by atoms with Crippen molar-refractivity contribution < 1.29 is 28.6 Å². The third kappa shape index (κ3) is 7.78. The van der Waals surface area contributed by atoms with E-state index in [2.05, 4.69) is 21.8 Å². The molecule has 0 radical (unpaired) electrons. The Hall–Kier alpha value is -3.06. The molecule has 12 nitrogen and oxygen atoms in total. The van der Waals surface area contributed by atoms with Crippen molar-refractivity contribution in [1.29, 1.82) is 5.26 Å². The van der Waals surface area contributed by atoms with E-state index in [9.17, 15) is 19.7 Å². The van der Waals surface area contributed by atoms with Gasteiger partial charge in [-0.05, 0) is 40.6 Å². The zero-order valence-electron chi connectivity index (χ0n) is 22.3. The van der Waals surface area contributed by atoms with Gasteiger partial charge < -0.3 is 40.1 Å². The van der Waals surface area contributed by atoms with E-state index in [1.807, 2.05) is 30.3 Å². The van der Waals surface area contributed by atoms with Gasteiger partial charge in [0.1, 0.15) is 34.2 Å². The highest BCUT2D eigenvalue weighted by Crippen LogP contribution is 2.25. The number of hydrogen-bond donors (Lipinski definition) is 5. The monoisotopic (exact) mass is 572 g/mol. The van der Waals surface area contributed by atoms with Crippen LogP contribution in [0.3, 0.4) is 0 Å². The average molecular weight is 573 g/mol. The summed E-state index contributed by atoms with van der Waals surface area (Å²) in [4.78, 5) is 2.33. The maximum absolute atomic E-state index is 12.8. The number of benzene rings is 2. The Morgan fingerprint density at radius 1 is 1.27 bits per heavy atom. The second-order valence-electron chi connectivity index (χ2n) is 9.63. The minimum absolute atomic E-state index is 0.0151. The first-order chi connectivity index (χ1) is 19.3. The standard InChI is InChI=1S/C27H36N6O6S/c1-37-26-13-24(34)27(35)25(39-26)17-33(30)16-21(29)15-31-40(36)23(14-28)11-18-2-3-20-12-22(5-4-19(20)10-18)32-6-8-38-9-7-32/h2-5,10-12,16,24-27,31,34-35H,6-9,13,15,17,29-30H2,1H3/b21-16-,23-11+/t24?,25?,26-,27-,40?/m0/s1. The number of nitrogens with one attached hydrogen (secondary N) is 1. The van der Waals surface area contributed by atoms with E-state index >= 15 is 0 Å². The number of fused-ring (bicyclic) bond motifs is 1. The highest BCUT2D eigenvalue weighted by molar-refractivity contribution is 7.87. The third-order valence-corrected chi connectivity index (χ3v) is 7.78. The first-order valence-electron chi connectivity index (χ1n) is 12.9. The molecule has 0 spiro atoms. The number of anilines is 1. The molecule has 13 heteroatoms. The van der Waals surface area contributed by atoms with Crippen LogP contribution in [0.2, 0.25) is 0 Å². The van der Waals surface area contributed by atoms with Gasteiger partial charge in [-0.2, -0.15) is 5.26 Å². The Kier molecular flexibility index (Phi) is 10.5. The van der Waals surface area contributed by atoms with Gasteiger partial charge in [0.25, 0.3) is 0 Å². The first-order valence-corrected chi connectivity index (χ1v) is 14.1. The average Bonchev–Trinajstić information content (AvgIpc) is 2.96. The van der Waals surface area contributed by atoms with Gasteiger partial charge in [-0.3, -0.25) is 0 Å². The van der Waals surface area contributed by atoms with Gasteiger partial charge in [0.05, 0.1) is 25.9 Å². The van der Waals surface area contributed by atoms with Gasteiger partial charge in [0, 0.05) is 50.7 Å². The molecular formula is C27H36N6O6S. The molecule has 7 N–H and O–H groups in total. The highest BCUT2D eigenvalue weighted by atomic mass is 32.2. The summed E-state index contributed by atoms with van der Waals surface area (Å²) in [5.41, 5.74) is 8.15. The Balaban J connectivity index is 1.34. The van der Waals surface area contributed by atoms with Crippen LogP contribution in [0.1, 0.15) is 12.0 Å². The van der Waals surface area contributed by atoms with Crippen LogP contribution >= 0.6 is 0 Å². The van der Waals surface area contributed by atoms with E-state index in [4.69, 9.17) is 25.8 Å². The third-order valence-electron chi connectivity index (χ3n) is 6.76. The molecule has 4 rings (SSSR count). The normalized spacial score (nSPS) is 25.0. The highest BCUT2D eigenvalue weighted by Gasteiger charge is 2.37. The molecule has 2 saturated heterocycles. The molecule has 0 bridgehead atoms. The van der Waals surface area contributed by atoms with Gasteiger partial charge in [0.2, 0.25) is 0 Å². The number of ether oxygens (including phenoxy) is 3. The zero-order valence-corrected chi connectivity index (χ0v) is 23.1. The second-order valence-corrected chi connectivity index (χ2v) is 10.9. The number of nitriles is 1. The number of nitrogens with zero attached hydrogens (tertiary/aromatic N) is 3. The summed E-state index contributed by atoms with van der Waals surface area (Å²) in [5.74, 6) is 5.98. The lowest BCUT2D eigenvalue weighted by Crippen LogP contribution is -2.53. The molecule has 5 atom stereocenters. The Bertz CT molecular complexity index is 1290. The Morgan fingerprint density at radius 3 is 2.73 bits per heavy atom. The number of allylic oxidation sites excluding steroid dienone is 1. The van der Waals surface area contributed by atoms with E-state index in [-0.39, 0.29) is 30.1 Å². The van der Waals surface area contributed by atoms with Crippen molar-refractivity contribution in [3.63, 3.8) is 0 Å². The van der Waals surface area contributed by atoms with Crippen LogP contribution in [0.25, 0.3) is 16.8 Å². The summed E-state index contributed by atoms with van der Waals surface area (Å²) >= 11 is 0. The minimum atomic E-state index is -1.82. The summed E-state index contributed by atoms with van der Waals surface area (Å²) in [6.45, 7) is 3.17. The predicted octanol–water partition coefficient (Wildman–Crippen LogP) is 0.253. The molecule has 40 heavy (non-hydrogen) atoms. The number of hydrogen-bond acceptors (Lipinski definition) is 11. The van der Waals surface area contributed by atoms with Crippen LogP contribution in [0.4, 0.5) is 5.69 Å². The van der Waals surface area contributed by atoms with Crippen LogP contribution in [-0.4, -0.2) is 90.5 Å². The van der Waals surface area contributed by atoms with E-state index in [1.165, 1.54) is 18.3 Å². The van der Waals surface area contributed by atoms with Crippen LogP contribution in [0, 0.1) is 11.3 Å². The molecule has 2 heterocycles. The predicted molar refractivity (Wildman–Crippen MR) is 152 cm³/mol. The largest absolute Gasteiger partial charge is 0.400 e. The fraction of sp³-hybridized carbons (Fsp3) is 0.444. The smallest absolute Gasteiger partial charge is 0.160 e. The number of hydrazine groups is 1. The van der Waals surface area contributed by atoms with Crippen molar-refractivity contribution in [2.75, 3.05) is 51.4 Å². The van der Waals surface area contributed by atoms with Crippen LogP contribution in [0.15, 0.2) is 53.2 Å². The molecule has 0 saturated carbocycles. The second kappa shape index (κ2) is 14.0. The number of aliphatic hydroxyl groups excluding tert-OH is 2. The lowest BCUT2D eigenvalue weighted by molar-refractivity contribution is -0.244. The molecule has 2 aliphatic heterocycles. The molecular weight excluding hydrogens is 536 g/mol. The summed E-state index contributed by atoms with van der Waals surface area (Å²) in [7, 11) is -0.374. The van der Waals surface area contributed by atoms with Crippen LogP contribution in [0.5, 0.6) is 0 Å². The molecule has 0 aromatic heterocycles. The van der Waals surface area contributed by atoms with Gasteiger partial charge in [0.15, 0.2) is 6.29 Å². The fourth-order valence-corrected chi connectivity index (χ4v) is 5.38. The van der Waals surface area contributed by atoms with E-state index in [0.717, 1.165) is 48.3 Å². The molecule has 2 aromatic carbocycles. The quantitative estimate of drug-likeness (QED) is 0.150. The molecule has 216 valence electrons. The zero-order chi connectivity index (χ0) is 28.6. The number of aliphatic hydroxyl groups is 2. The maximum atomic E-state index is 12.8. The summed E-state index contributed by atoms with van der Waals surface area (Å²) in [6.07, 6.45) is -0.479. The van der Waals surface area contributed by atoms with E-state index < -0.39 is 35.6 Å². The van der Waals surface area contributed by atoms with Gasteiger partial charge >= 0.3 is 0 Å². The van der Waals surface area contributed by atoms with Crippen molar-refractivity contribution >= 4 is 33.5 Å². The SMILES string of the molecule is CO[C@@H]1CC(O)[C@H](O)C(CN(N)/C=C(\N)CNS(=O)/C(C#N)=C/c2ccc3cc(N4CCOCC4)ccc3c2)O1. The molecule has 3 unspecified atom stereocenters. The summed E-state index contributed by atoms with van der Waals surface area (Å²) in [5, 5.41) is 33.1. The summed E-state index contributed by atoms with van der Waals surface area (Å²) in [6, 6.07) is 14.0. The fourth-order valence-electron chi connectivity index (χ4n) is 4.60. The van der Waals surface area contributed by atoms with Crippen molar-refractivity contribution in [3.05, 3.63) is 58.8 Å². The number of rotatable bonds is 10. The molecule has 0 amide bonds. The topological polar surface area (TPSA) is 180 Å². The maximum Gasteiger partial charge on any atom is 0.160 e. The van der Waals surface area contributed by atoms with Crippen molar-refractivity contribution in [3.8, 4) is 6.07 Å². The Morgan fingerprint density at radius 2 is 2.00 bits per heavy atom. The van der Waals surface area contributed by atoms with Gasteiger partial charge in [-0.1, -0.05) is 18.2 Å². The molecule has 2 aliphatic rings. The van der Waals surface area contributed by atoms with Gasteiger partial charge in [-0.15, -0.1) is 0 Å². The van der Waals surface area contributed by atoms with Crippen LogP contribution in [-0.2, 0) is 25.2 Å². The van der Waals surface area contributed by atoms with Crippen molar-refractivity contribution in [2.45, 2.75) is 31.0 Å². The molecule has 2 fully saturated rings. The summed E-state index contributed by atoms with van der Waals surface area (Å²) < 4.78 is 31.7. The van der Waals surface area contributed by atoms with Crippen molar-refractivity contribution in [2.24, 2.45) is 11.6 Å². The van der Waals surface area contributed by atoms with Crippen molar-refractivity contribution in [1.82, 2.24) is 9.73 Å². The molecule has 2 aromatic rings. The number of methoxy groups -OCH3 is 1. The minimum Gasteiger partial charge on any atom is -0.400 e. The number of nitrogens with two attached hydrogens (primary N) is 2. The molecule has 0 aliphatic carbocycles. The number of morpholine rings is 1. The van der Waals surface area contributed by atoms with E-state index in [1.54, 1.807) is 6.08 Å². The van der Waals surface area contributed by atoms with Crippen LogP contribution < -0.4 is 21.2 Å².